The van der Waals surface area contributed by atoms with E-state index in [1.807, 2.05) is 0 Å². The summed E-state index contributed by atoms with van der Waals surface area (Å²) in [5.41, 5.74) is -0.0257. The Balaban J connectivity index is 2.82. The van der Waals surface area contributed by atoms with E-state index in [2.05, 4.69) is 27.8 Å². The summed E-state index contributed by atoms with van der Waals surface area (Å²) < 4.78 is 13.7. The number of hydrogen-bond donors (Lipinski definition) is 1. The molecule has 0 aromatic heterocycles. The quantitative estimate of drug-likeness (QED) is 0.911. The van der Waals surface area contributed by atoms with E-state index in [0.717, 1.165) is 0 Å². The fourth-order valence-corrected chi connectivity index (χ4v) is 1.38. The minimum absolute atomic E-state index is 0.0257. The predicted octanol–water partition coefficient (Wildman–Crippen LogP) is 3.07. The zero-order chi connectivity index (χ0) is 11.4. The number of hydrogen-bond acceptors (Lipinski definition) is 1. The average molecular weight is 293 g/mol. The highest BCUT2D eigenvalue weighted by molar-refractivity contribution is 9.10. The van der Waals surface area contributed by atoms with Gasteiger partial charge in [-0.2, -0.15) is 0 Å². The normalized spacial score (nSPS) is 9.80. The first-order valence-corrected chi connectivity index (χ1v) is 5.25. The summed E-state index contributed by atoms with van der Waals surface area (Å²) in [6, 6.07) is 4.50. The molecule has 0 aliphatic carbocycles. The van der Waals surface area contributed by atoms with Gasteiger partial charge in [0.25, 0.3) is 5.91 Å². The minimum atomic E-state index is -0.588. The summed E-state index contributed by atoms with van der Waals surface area (Å²) in [5.74, 6) is -1.11. The van der Waals surface area contributed by atoms with Crippen LogP contribution in [0.15, 0.2) is 34.3 Å². The van der Waals surface area contributed by atoms with Crippen LogP contribution in [0.3, 0.4) is 0 Å². The monoisotopic (exact) mass is 291 g/mol. The van der Waals surface area contributed by atoms with Crippen molar-refractivity contribution in [2.75, 3.05) is 6.54 Å². The highest BCUT2D eigenvalue weighted by Crippen LogP contribution is 2.18. The van der Waals surface area contributed by atoms with Crippen molar-refractivity contribution >= 4 is 33.4 Å². The Morgan fingerprint density at radius 1 is 1.60 bits per heavy atom. The molecule has 0 radical (unpaired) electrons. The molecule has 1 N–H and O–H groups in total. The molecule has 1 aromatic rings. The smallest absolute Gasteiger partial charge is 0.254 e. The van der Waals surface area contributed by atoms with Crippen molar-refractivity contribution in [3.05, 3.63) is 45.7 Å². The third-order valence-corrected chi connectivity index (χ3v) is 2.38. The zero-order valence-corrected chi connectivity index (χ0v) is 10.0. The van der Waals surface area contributed by atoms with Gasteiger partial charge in [0.05, 0.1) is 16.6 Å². The first-order valence-electron chi connectivity index (χ1n) is 4.08. The third kappa shape index (κ3) is 3.32. The summed E-state index contributed by atoms with van der Waals surface area (Å²) in [4.78, 5) is 11.5. The van der Waals surface area contributed by atoms with E-state index in [4.69, 9.17) is 11.6 Å². The van der Waals surface area contributed by atoms with Crippen LogP contribution in [0.1, 0.15) is 10.4 Å². The molecule has 0 aliphatic heterocycles. The molecule has 0 atom stereocenters. The molecule has 0 unspecified atom stereocenters. The second-order valence-electron chi connectivity index (χ2n) is 2.80. The number of nitrogens with one attached hydrogen (secondary N) is 1. The second-order valence-corrected chi connectivity index (χ2v) is 4.19. The maximum absolute atomic E-state index is 13.4. The summed E-state index contributed by atoms with van der Waals surface area (Å²) in [6.45, 7) is 3.53. The molecule has 0 spiro atoms. The molecule has 0 saturated carbocycles. The van der Waals surface area contributed by atoms with Gasteiger partial charge in [-0.1, -0.05) is 24.2 Å². The lowest BCUT2D eigenvalue weighted by Crippen LogP contribution is -2.25. The molecule has 1 rings (SSSR count). The SMILES string of the molecule is C=C(Cl)CNC(=O)c1cccc(Br)c1F. The number of carbonyl (C=O) groups is 1. The van der Waals surface area contributed by atoms with Crippen LogP contribution in [0.4, 0.5) is 4.39 Å². The molecule has 1 aromatic carbocycles. The van der Waals surface area contributed by atoms with Gasteiger partial charge in [-0.05, 0) is 28.1 Å². The van der Waals surface area contributed by atoms with Crippen LogP contribution >= 0.6 is 27.5 Å². The number of halogens is 3. The van der Waals surface area contributed by atoms with Gasteiger partial charge in [0.15, 0.2) is 0 Å². The van der Waals surface area contributed by atoms with Crippen LogP contribution in [0.2, 0.25) is 0 Å². The topological polar surface area (TPSA) is 29.1 Å². The number of amides is 1. The Morgan fingerprint density at radius 3 is 2.87 bits per heavy atom. The molecule has 5 heteroatoms. The molecule has 0 bridgehead atoms. The van der Waals surface area contributed by atoms with E-state index in [0.29, 0.717) is 5.03 Å². The molecule has 0 aliphatic rings. The third-order valence-electron chi connectivity index (χ3n) is 1.64. The summed E-state index contributed by atoms with van der Waals surface area (Å²) in [6.07, 6.45) is 0. The second kappa shape index (κ2) is 5.28. The van der Waals surface area contributed by atoms with E-state index < -0.39 is 11.7 Å². The molecule has 2 nitrogen and oxygen atoms in total. The van der Waals surface area contributed by atoms with Crippen LogP contribution < -0.4 is 5.32 Å². The molecule has 0 heterocycles. The molecule has 0 saturated heterocycles. The van der Waals surface area contributed by atoms with Crippen LogP contribution in [-0.4, -0.2) is 12.5 Å². The van der Waals surface area contributed by atoms with E-state index in [9.17, 15) is 9.18 Å². The van der Waals surface area contributed by atoms with Crippen LogP contribution in [-0.2, 0) is 0 Å². The lowest BCUT2D eigenvalue weighted by Gasteiger charge is -2.05. The predicted molar refractivity (Wildman–Crippen MR) is 61.4 cm³/mol. The van der Waals surface area contributed by atoms with Gasteiger partial charge in [-0.15, -0.1) is 0 Å². The molecule has 15 heavy (non-hydrogen) atoms. The molecule has 1 amide bonds. The Morgan fingerprint density at radius 2 is 2.27 bits per heavy atom. The van der Waals surface area contributed by atoms with Crippen molar-refractivity contribution in [3.63, 3.8) is 0 Å². The lowest BCUT2D eigenvalue weighted by molar-refractivity contribution is 0.0953. The molecular weight excluding hydrogens is 284 g/mol. The number of carbonyl (C=O) groups excluding carboxylic acids is 1. The lowest BCUT2D eigenvalue weighted by atomic mass is 10.2. The largest absolute Gasteiger partial charge is 0.347 e. The van der Waals surface area contributed by atoms with E-state index in [1.165, 1.54) is 12.1 Å². The highest BCUT2D eigenvalue weighted by Gasteiger charge is 2.13. The fraction of sp³-hybridized carbons (Fsp3) is 0.100. The van der Waals surface area contributed by atoms with E-state index in [1.54, 1.807) is 6.07 Å². The highest BCUT2D eigenvalue weighted by atomic mass is 79.9. The van der Waals surface area contributed by atoms with Crippen molar-refractivity contribution in [1.29, 1.82) is 0 Å². The first kappa shape index (κ1) is 12.2. The fourth-order valence-electron chi connectivity index (χ4n) is 0.951. The van der Waals surface area contributed by atoms with Crippen molar-refractivity contribution in [2.24, 2.45) is 0 Å². The van der Waals surface area contributed by atoms with Crippen LogP contribution in [0.25, 0.3) is 0 Å². The van der Waals surface area contributed by atoms with Gasteiger partial charge >= 0.3 is 0 Å². The number of benzene rings is 1. The van der Waals surface area contributed by atoms with Crippen LogP contribution in [0.5, 0.6) is 0 Å². The van der Waals surface area contributed by atoms with Gasteiger partial charge < -0.3 is 5.32 Å². The van der Waals surface area contributed by atoms with Gasteiger partial charge in [0, 0.05) is 5.03 Å². The summed E-state index contributed by atoms with van der Waals surface area (Å²) >= 11 is 8.46. The van der Waals surface area contributed by atoms with E-state index in [-0.39, 0.29) is 16.6 Å². The Kier molecular flexibility index (Phi) is 4.29. The molecular formula is C10H8BrClFNO. The summed E-state index contributed by atoms with van der Waals surface area (Å²) in [7, 11) is 0. The minimum Gasteiger partial charge on any atom is -0.347 e. The maximum atomic E-state index is 13.4. The standard InChI is InChI=1S/C10H8BrClFNO/c1-6(12)5-14-10(15)7-3-2-4-8(11)9(7)13/h2-4H,1,5H2,(H,14,15). The van der Waals surface area contributed by atoms with Crippen molar-refractivity contribution in [1.82, 2.24) is 5.32 Å². The Hall–Kier alpha value is -0.870. The zero-order valence-electron chi connectivity index (χ0n) is 7.69. The van der Waals surface area contributed by atoms with Gasteiger partial charge in [-0.3, -0.25) is 4.79 Å². The molecule has 0 fully saturated rings. The first-order chi connectivity index (χ1) is 7.02. The summed E-state index contributed by atoms with van der Waals surface area (Å²) in [5, 5.41) is 2.73. The van der Waals surface area contributed by atoms with Crippen molar-refractivity contribution < 1.29 is 9.18 Å². The van der Waals surface area contributed by atoms with E-state index >= 15 is 0 Å². The Labute approximate surface area is 100 Å². The van der Waals surface area contributed by atoms with Crippen molar-refractivity contribution in [3.8, 4) is 0 Å². The Bertz CT molecular complexity index is 408. The maximum Gasteiger partial charge on any atom is 0.254 e. The van der Waals surface area contributed by atoms with Gasteiger partial charge in [0.2, 0.25) is 0 Å². The molecule has 80 valence electrons. The van der Waals surface area contributed by atoms with Crippen molar-refractivity contribution in [2.45, 2.75) is 0 Å². The average Bonchev–Trinajstić information content (AvgIpc) is 2.18. The van der Waals surface area contributed by atoms with Crippen LogP contribution in [0, 0.1) is 5.82 Å². The van der Waals surface area contributed by atoms with Gasteiger partial charge in [-0.25, -0.2) is 4.39 Å². The van der Waals surface area contributed by atoms with Gasteiger partial charge in [0.1, 0.15) is 5.82 Å². The number of rotatable bonds is 3.